The standard InChI is InChI=1S/C8H17IS/c9-7-5-3-1-2-4-6-8-10/h10H,1-8H2. The zero-order chi connectivity index (χ0) is 7.66. The van der Waals surface area contributed by atoms with E-state index < -0.39 is 0 Å². The minimum atomic E-state index is 1.06. The van der Waals surface area contributed by atoms with Crippen molar-refractivity contribution in [3.63, 3.8) is 0 Å². The molecule has 0 aromatic carbocycles. The average Bonchev–Trinajstić information content (AvgIpc) is 1.97. The molecule has 62 valence electrons. The minimum absolute atomic E-state index is 1.06. The van der Waals surface area contributed by atoms with Crippen LogP contribution >= 0.6 is 35.2 Å². The first-order valence-electron chi connectivity index (χ1n) is 4.08. The fourth-order valence-corrected chi connectivity index (χ4v) is 1.68. The molecule has 0 heterocycles. The maximum Gasteiger partial charge on any atom is -0.000473 e. The lowest BCUT2D eigenvalue weighted by molar-refractivity contribution is 0.631. The molecule has 0 aliphatic heterocycles. The van der Waals surface area contributed by atoms with Crippen LogP contribution in [0.5, 0.6) is 0 Å². The molecule has 0 atom stereocenters. The molecule has 0 aromatic heterocycles. The summed E-state index contributed by atoms with van der Waals surface area (Å²) in [4.78, 5) is 0. The van der Waals surface area contributed by atoms with Gasteiger partial charge in [-0.2, -0.15) is 12.6 Å². The van der Waals surface area contributed by atoms with Gasteiger partial charge < -0.3 is 0 Å². The summed E-state index contributed by atoms with van der Waals surface area (Å²) in [5, 5.41) is 0. The van der Waals surface area contributed by atoms with E-state index in [1.165, 1.54) is 43.0 Å². The molecule has 0 spiro atoms. The van der Waals surface area contributed by atoms with Crippen molar-refractivity contribution in [3.8, 4) is 0 Å². The number of rotatable bonds is 7. The van der Waals surface area contributed by atoms with Crippen molar-refractivity contribution in [2.75, 3.05) is 10.2 Å². The highest BCUT2D eigenvalue weighted by atomic mass is 127. The third-order valence-electron chi connectivity index (χ3n) is 1.54. The summed E-state index contributed by atoms with van der Waals surface area (Å²) < 4.78 is 1.32. The third-order valence-corrected chi connectivity index (χ3v) is 2.62. The van der Waals surface area contributed by atoms with E-state index in [4.69, 9.17) is 0 Å². The van der Waals surface area contributed by atoms with E-state index in [1.807, 2.05) is 0 Å². The second kappa shape index (κ2) is 10.1. The predicted molar refractivity (Wildman–Crippen MR) is 60.4 cm³/mol. The van der Waals surface area contributed by atoms with E-state index in [9.17, 15) is 0 Å². The molecule has 0 N–H and O–H groups in total. The zero-order valence-corrected chi connectivity index (χ0v) is 9.53. The smallest absolute Gasteiger partial charge is 0.000473 e. The Hall–Kier alpha value is 1.08. The quantitative estimate of drug-likeness (QED) is 0.311. The molecule has 0 bridgehead atoms. The molecule has 2 heteroatoms. The van der Waals surface area contributed by atoms with Crippen molar-refractivity contribution in [3.05, 3.63) is 0 Å². The molecular weight excluding hydrogens is 255 g/mol. The Balaban J connectivity index is 2.65. The van der Waals surface area contributed by atoms with Gasteiger partial charge in [-0.25, -0.2) is 0 Å². The number of thiol groups is 1. The van der Waals surface area contributed by atoms with Crippen LogP contribution in [-0.2, 0) is 0 Å². The first-order chi connectivity index (χ1) is 4.91. The first-order valence-corrected chi connectivity index (χ1v) is 6.24. The second-order valence-electron chi connectivity index (χ2n) is 2.53. The maximum absolute atomic E-state index is 4.16. The molecular formula is C8H17IS. The number of alkyl halides is 1. The Morgan fingerprint density at radius 2 is 1.30 bits per heavy atom. The van der Waals surface area contributed by atoms with Gasteiger partial charge in [0.1, 0.15) is 0 Å². The van der Waals surface area contributed by atoms with E-state index in [0.717, 1.165) is 5.75 Å². The molecule has 0 fully saturated rings. The van der Waals surface area contributed by atoms with Gasteiger partial charge >= 0.3 is 0 Å². The van der Waals surface area contributed by atoms with Crippen LogP contribution in [0.1, 0.15) is 38.5 Å². The highest BCUT2D eigenvalue weighted by Gasteiger charge is 1.88. The van der Waals surface area contributed by atoms with Crippen LogP contribution in [0.4, 0.5) is 0 Å². The molecule has 0 aliphatic carbocycles. The van der Waals surface area contributed by atoms with Gasteiger partial charge in [0.2, 0.25) is 0 Å². The van der Waals surface area contributed by atoms with Gasteiger partial charge in [-0.3, -0.25) is 0 Å². The maximum atomic E-state index is 4.16. The number of halogens is 1. The molecule has 0 aliphatic rings. The van der Waals surface area contributed by atoms with Crippen LogP contribution in [0.3, 0.4) is 0 Å². The van der Waals surface area contributed by atoms with Crippen molar-refractivity contribution < 1.29 is 0 Å². The normalized spacial score (nSPS) is 10.2. The van der Waals surface area contributed by atoms with Crippen molar-refractivity contribution >= 4 is 35.2 Å². The zero-order valence-electron chi connectivity index (χ0n) is 6.48. The van der Waals surface area contributed by atoms with Crippen LogP contribution in [0.2, 0.25) is 0 Å². The molecule has 0 rings (SSSR count). The van der Waals surface area contributed by atoms with E-state index >= 15 is 0 Å². The Morgan fingerprint density at radius 1 is 0.800 bits per heavy atom. The van der Waals surface area contributed by atoms with Crippen LogP contribution in [0.15, 0.2) is 0 Å². The van der Waals surface area contributed by atoms with Gasteiger partial charge in [0.15, 0.2) is 0 Å². The SMILES string of the molecule is SCCCCCCCCI. The van der Waals surface area contributed by atoms with Gasteiger partial charge in [-0.05, 0) is 23.0 Å². The van der Waals surface area contributed by atoms with E-state index in [0.29, 0.717) is 0 Å². The van der Waals surface area contributed by atoms with Gasteiger partial charge in [-0.15, -0.1) is 0 Å². The molecule has 0 radical (unpaired) electrons. The summed E-state index contributed by atoms with van der Waals surface area (Å²) in [5.74, 6) is 1.06. The Labute approximate surface area is 83.7 Å². The average molecular weight is 272 g/mol. The Kier molecular flexibility index (Phi) is 11.2. The molecule has 10 heavy (non-hydrogen) atoms. The molecule has 0 saturated heterocycles. The summed E-state index contributed by atoms with van der Waals surface area (Å²) in [6.45, 7) is 0. The van der Waals surface area contributed by atoms with Crippen LogP contribution in [0, 0.1) is 0 Å². The fourth-order valence-electron chi connectivity index (χ4n) is 0.913. The highest BCUT2D eigenvalue weighted by Crippen LogP contribution is 2.06. The fraction of sp³-hybridized carbons (Fsp3) is 1.00. The van der Waals surface area contributed by atoms with E-state index in [2.05, 4.69) is 35.2 Å². The largest absolute Gasteiger partial charge is 0.179 e. The van der Waals surface area contributed by atoms with Crippen molar-refractivity contribution in [2.45, 2.75) is 38.5 Å². The van der Waals surface area contributed by atoms with Gasteiger partial charge in [0.25, 0.3) is 0 Å². The Bertz CT molecular complexity index is 49.2. The summed E-state index contributed by atoms with van der Waals surface area (Å²) in [7, 11) is 0. The van der Waals surface area contributed by atoms with Gasteiger partial charge in [0.05, 0.1) is 0 Å². The lowest BCUT2D eigenvalue weighted by Crippen LogP contribution is -1.80. The number of unbranched alkanes of at least 4 members (excludes halogenated alkanes) is 5. The van der Waals surface area contributed by atoms with Gasteiger partial charge in [-0.1, -0.05) is 48.3 Å². The summed E-state index contributed by atoms with van der Waals surface area (Å²) in [5.41, 5.74) is 0. The molecule has 0 amide bonds. The van der Waals surface area contributed by atoms with Gasteiger partial charge in [0, 0.05) is 0 Å². The molecule has 0 aromatic rings. The van der Waals surface area contributed by atoms with E-state index in [-0.39, 0.29) is 0 Å². The van der Waals surface area contributed by atoms with Crippen LogP contribution in [-0.4, -0.2) is 10.2 Å². The second-order valence-corrected chi connectivity index (χ2v) is 4.06. The number of hydrogen-bond acceptors (Lipinski definition) is 1. The first kappa shape index (κ1) is 11.1. The highest BCUT2D eigenvalue weighted by molar-refractivity contribution is 14.1. The summed E-state index contributed by atoms with van der Waals surface area (Å²) in [6, 6.07) is 0. The van der Waals surface area contributed by atoms with Crippen LogP contribution < -0.4 is 0 Å². The predicted octanol–water partition coefficient (Wildman–Crippen LogP) is 3.69. The van der Waals surface area contributed by atoms with E-state index in [1.54, 1.807) is 0 Å². The van der Waals surface area contributed by atoms with Crippen molar-refractivity contribution in [1.29, 1.82) is 0 Å². The topological polar surface area (TPSA) is 0 Å². The monoisotopic (exact) mass is 272 g/mol. The van der Waals surface area contributed by atoms with Crippen molar-refractivity contribution in [1.82, 2.24) is 0 Å². The molecule has 0 unspecified atom stereocenters. The minimum Gasteiger partial charge on any atom is -0.179 e. The lowest BCUT2D eigenvalue weighted by Gasteiger charge is -1.97. The van der Waals surface area contributed by atoms with Crippen molar-refractivity contribution in [2.24, 2.45) is 0 Å². The molecule has 0 saturated carbocycles. The Morgan fingerprint density at radius 3 is 1.80 bits per heavy atom. The van der Waals surface area contributed by atoms with Crippen LogP contribution in [0.25, 0.3) is 0 Å². The number of hydrogen-bond donors (Lipinski definition) is 1. The molecule has 0 nitrogen and oxygen atoms in total. The summed E-state index contributed by atoms with van der Waals surface area (Å²) >= 11 is 6.61. The summed E-state index contributed by atoms with van der Waals surface area (Å²) in [6.07, 6.45) is 8.35. The lowest BCUT2D eigenvalue weighted by atomic mass is 10.1. The third kappa shape index (κ3) is 9.08.